The third-order valence-electron chi connectivity index (χ3n) is 5.29. The molecule has 0 radical (unpaired) electrons. The molecule has 1 fully saturated rings. The number of hydrogen-bond donors (Lipinski definition) is 2. The number of hydrogen-bond acceptors (Lipinski definition) is 3. The fourth-order valence-corrected chi connectivity index (χ4v) is 3.56. The Morgan fingerprint density at radius 1 is 0.931 bits per heavy atom. The molecule has 0 atom stereocenters. The Morgan fingerprint density at radius 3 is 2.10 bits per heavy atom. The monoisotopic (exact) mass is 393 g/mol. The number of rotatable bonds is 5. The first-order chi connectivity index (χ1) is 13.9. The Labute approximate surface area is 171 Å². The van der Waals surface area contributed by atoms with Crippen molar-refractivity contribution in [3.63, 3.8) is 0 Å². The molecule has 29 heavy (non-hydrogen) atoms. The molecule has 1 aliphatic heterocycles. The van der Waals surface area contributed by atoms with Gasteiger partial charge in [0.25, 0.3) is 0 Å². The first-order valence-electron chi connectivity index (χ1n) is 9.93. The highest BCUT2D eigenvalue weighted by molar-refractivity contribution is 5.93. The molecular formula is C23H27N3O3. The van der Waals surface area contributed by atoms with Gasteiger partial charge in [0.15, 0.2) is 0 Å². The van der Waals surface area contributed by atoms with Gasteiger partial charge in [0, 0.05) is 37.3 Å². The van der Waals surface area contributed by atoms with E-state index in [-0.39, 0.29) is 23.6 Å². The first-order valence-corrected chi connectivity index (χ1v) is 9.93. The summed E-state index contributed by atoms with van der Waals surface area (Å²) >= 11 is 0. The average Bonchev–Trinajstić information content (AvgIpc) is 2.71. The van der Waals surface area contributed by atoms with Gasteiger partial charge in [-0.25, -0.2) is 0 Å². The minimum absolute atomic E-state index is 0.0247. The third-order valence-corrected chi connectivity index (χ3v) is 5.29. The van der Waals surface area contributed by atoms with Gasteiger partial charge in [0.05, 0.1) is 6.42 Å². The van der Waals surface area contributed by atoms with Crippen LogP contribution >= 0.6 is 0 Å². The van der Waals surface area contributed by atoms with Crippen molar-refractivity contribution >= 4 is 29.1 Å². The summed E-state index contributed by atoms with van der Waals surface area (Å²) in [7, 11) is 0. The van der Waals surface area contributed by atoms with Gasteiger partial charge in [-0.1, -0.05) is 24.3 Å². The Balaban J connectivity index is 1.48. The summed E-state index contributed by atoms with van der Waals surface area (Å²) in [6.07, 6.45) is 1.73. The molecule has 2 N–H and O–H groups in total. The number of benzene rings is 2. The summed E-state index contributed by atoms with van der Waals surface area (Å²) in [6.45, 7) is 4.67. The van der Waals surface area contributed by atoms with E-state index < -0.39 is 0 Å². The van der Waals surface area contributed by atoms with Gasteiger partial charge < -0.3 is 15.5 Å². The maximum Gasteiger partial charge on any atom is 0.227 e. The molecule has 0 saturated carbocycles. The van der Waals surface area contributed by atoms with Crippen molar-refractivity contribution in [1.82, 2.24) is 4.90 Å². The van der Waals surface area contributed by atoms with Crippen molar-refractivity contribution < 1.29 is 14.4 Å². The van der Waals surface area contributed by atoms with E-state index in [0.717, 1.165) is 11.1 Å². The molecular weight excluding hydrogens is 366 g/mol. The molecule has 1 saturated heterocycles. The maximum absolute atomic E-state index is 12.6. The first kappa shape index (κ1) is 20.6. The number of anilines is 2. The predicted octanol–water partition coefficient (Wildman–Crippen LogP) is 3.37. The van der Waals surface area contributed by atoms with Crippen LogP contribution in [0.3, 0.4) is 0 Å². The lowest BCUT2D eigenvalue weighted by Crippen LogP contribution is -2.42. The summed E-state index contributed by atoms with van der Waals surface area (Å²) in [5.74, 6) is -0.145. The van der Waals surface area contributed by atoms with Crippen molar-refractivity contribution in [2.75, 3.05) is 23.7 Å². The smallest absolute Gasteiger partial charge is 0.227 e. The zero-order chi connectivity index (χ0) is 20.8. The number of aryl methyl sites for hydroxylation is 1. The number of piperidine rings is 1. The average molecular weight is 393 g/mol. The molecule has 0 spiro atoms. The standard InChI is InChI=1S/C23H27N3O3/c1-16-5-3-4-6-19(16)15-22(28)26-13-11-18(12-14-26)23(29)25-21-9-7-20(8-10-21)24-17(2)27/h3-10,18H,11-15H2,1-2H3,(H,24,27)(H,25,29). The van der Waals surface area contributed by atoms with Gasteiger partial charge in [0.1, 0.15) is 0 Å². The molecule has 1 heterocycles. The number of carbonyl (C=O) groups excluding carboxylic acids is 3. The summed E-state index contributed by atoms with van der Waals surface area (Å²) in [6, 6.07) is 15.0. The quantitative estimate of drug-likeness (QED) is 0.817. The topological polar surface area (TPSA) is 78.5 Å². The zero-order valence-electron chi connectivity index (χ0n) is 16.9. The zero-order valence-corrected chi connectivity index (χ0v) is 16.9. The van der Waals surface area contributed by atoms with Crippen LogP contribution in [0, 0.1) is 12.8 Å². The minimum Gasteiger partial charge on any atom is -0.342 e. The molecule has 0 aliphatic carbocycles. The Hall–Kier alpha value is -3.15. The van der Waals surface area contributed by atoms with Crippen molar-refractivity contribution in [1.29, 1.82) is 0 Å². The summed E-state index contributed by atoms with van der Waals surface area (Å²) in [5, 5.41) is 5.62. The lowest BCUT2D eigenvalue weighted by molar-refractivity contribution is -0.133. The number of likely N-dealkylation sites (tertiary alicyclic amines) is 1. The van der Waals surface area contributed by atoms with Crippen molar-refractivity contribution in [2.45, 2.75) is 33.1 Å². The maximum atomic E-state index is 12.6. The van der Waals surface area contributed by atoms with Gasteiger partial charge in [-0.3, -0.25) is 14.4 Å². The molecule has 6 nitrogen and oxygen atoms in total. The van der Waals surface area contributed by atoms with E-state index in [9.17, 15) is 14.4 Å². The number of nitrogens with one attached hydrogen (secondary N) is 2. The van der Waals surface area contributed by atoms with Crippen LogP contribution in [0.4, 0.5) is 11.4 Å². The van der Waals surface area contributed by atoms with Gasteiger partial charge in [0.2, 0.25) is 17.7 Å². The summed E-state index contributed by atoms with van der Waals surface area (Å²) < 4.78 is 0. The van der Waals surface area contributed by atoms with Crippen molar-refractivity contribution in [3.8, 4) is 0 Å². The van der Waals surface area contributed by atoms with E-state index in [1.165, 1.54) is 6.92 Å². The summed E-state index contributed by atoms with van der Waals surface area (Å²) in [5.41, 5.74) is 3.57. The van der Waals surface area contributed by atoms with E-state index >= 15 is 0 Å². The number of carbonyl (C=O) groups is 3. The molecule has 2 aromatic carbocycles. The van der Waals surface area contributed by atoms with E-state index in [4.69, 9.17) is 0 Å². The van der Waals surface area contributed by atoms with Crippen molar-refractivity contribution in [3.05, 3.63) is 59.7 Å². The summed E-state index contributed by atoms with van der Waals surface area (Å²) in [4.78, 5) is 38.1. The Morgan fingerprint density at radius 2 is 1.52 bits per heavy atom. The molecule has 1 aliphatic rings. The molecule has 152 valence electrons. The highest BCUT2D eigenvalue weighted by Crippen LogP contribution is 2.21. The van der Waals surface area contributed by atoms with Crippen LogP contribution in [0.2, 0.25) is 0 Å². The van der Waals surface area contributed by atoms with E-state index in [1.54, 1.807) is 24.3 Å². The second-order valence-electron chi connectivity index (χ2n) is 7.51. The van der Waals surface area contributed by atoms with Crippen LogP contribution in [0.15, 0.2) is 48.5 Å². The second-order valence-corrected chi connectivity index (χ2v) is 7.51. The van der Waals surface area contributed by atoms with Crippen LogP contribution in [0.5, 0.6) is 0 Å². The number of amides is 3. The Kier molecular flexibility index (Phi) is 6.65. The van der Waals surface area contributed by atoms with Gasteiger partial charge in [-0.05, 0) is 55.2 Å². The van der Waals surface area contributed by atoms with Crippen LogP contribution in [-0.2, 0) is 20.8 Å². The normalized spacial score (nSPS) is 14.3. The van der Waals surface area contributed by atoms with E-state index in [2.05, 4.69) is 10.6 Å². The predicted molar refractivity (Wildman–Crippen MR) is 114 cm³/mol. The number of nitrogens with zero attached hydrogens (tertiary/aromatic N) is 1. The Bertz CT molecular complexity index is 884. The second kappa shape index (κ2) is 9.37. The van der Waals surface area contributed by atoms with Gasteiger partial charge >= 0.3 is 0 Å². The van der Waals surface area contributed by atoms with Crippen molar-refractivity contribution in [2.24, 2.45) is 5.92 Å². The molecule has 3 rings (SSSR count). The highest BCUT2D eigenvalue weighted by Gasteiger charge is 2.27. The largest absolute Gasteiger partial charge is 0.342 e. The lowest BCUT2D eigenvalue weighted by Gasteiger charge is -2.31. The molecule has 0 bridgehead atoms. The fourth-order valence-electron chi connectivity index (χ4n) is 3.56. The highest BCUT2D eigenvalue weighted by atomic mass is 16.2. The van der Waals surface area contributed by atoms with Crippen LogP contribution in [-0.4, -0.2) is 35.7 Å². The van der Waals surface area contributed by atoms with E-state index in [1.807, 2.05) is 36.1 Å². The van der Waals surface area contributed by atoms with Gasteiger partial charge in [-0.15, -0.1) is 0 Å². The minimum atomic E-state index is -0.134. The van der Waals surface area contributed by atoms with Crippen LogP contribution < -0.4 is 10.6 Å². The molecule has 6 heteroatoms. The van der Waals surface area contributed by atoms with Crippen LogP contribution in [0.25, 0.3) is 0 Å². The molecule has 0 aromatic heterocycles. The fraction of sp³-hybridized carbons (Fsp3) is 0.348. The third kappa shape index (κ3) is 5.67. The van der Waals surface area contributed by atoms with E-state index in [0.29, 0.717) is 43.7 Å². The molecule has 3 amide bonds. The van der Waals surface area contributed by atoms with Crippen LogP contribution in [0.1, 0.15) is 30.9 Å². The SMILES string of the molecule is CC(=O)Nc1ccc(NC(=O)C2CCN(C(=O)Cc3ccccc3C)CC2)cc1. The van der Waals surface area contributed by atoms with Gasteiger partial charge in [-0.2, -0.15) is 0 Å². The lowest BCUT2D eigenvalue weighted by atomic mass is 9.95. The molecule has 0 unspecified atom stereocenters. The molecule has 2 aromatic rings.